The van der Waals surface area contributed by atoms with Crippen molar-refractivity contribution in [3.8, 4) is 5.69 Å². The molecule has 1 N–H and O–H groups in total. The molecule has 0 unspecified atom stereocenters. The van der Waals surface area contributed by atoms with Crippen LogP contribution in [0.15, 0.2) is 24.4 Å². The van der Waals surface area contributed by atoms with E-state index in [0.717, 1.165) is 11.4 Å². The van der Waals surface area contributed by atoms with E-state index < -0.39 is 0 Å². The molecule has 90 valence electrons. The van der Waals surface area contributed by atoms with Crippen LogP contribution in [-0.4, -0.2) is 9.55 Å². The highest BCUT2D eigenvalue weighted by Crippen LogP contribution is 2.23. The molecular formula is C13H15FN2S. The minimum Gasteiger partial charge on any atom is -0.337 e. The zero-order chi connectivity index (χ0) is 12.6. The molecule has 17 heavy (non-hydrogen) atoms. The molecule has 0 spiro atoms. The molecule has 0 saturated heterocycles. The van der Waals surface area contributed by atoms with Crippen LogP contribution in [-0.2, 0) is 0 Å². The molecule has 0 radical (unpaired) electrons. The monoisotopic (exact) mass is 250 g/mol. The Morgan fingerprint density at radius 3 is 2.71 bits per heavy atom. The van der Waals surface area contributed by atoms with Crippen LogP contribution in [0.3, 0.4) is 0 Å². The van der Waals surface area contributed by atoms with Gasteiger partial charge in [-0.25, -0.2) is 4.39 Å². The van der Waals surface area contributed by atoms with Gasteiger partial charge in [0, 0.05) is 17.5 Å². The topological polar surface area (TPSA) is 20.7 Å². The zero-order valence-corrected chi connectivity index (χ0v) is 10.9. The number of aromatic amines is 1. The van der Waals surface area contributed by atoms with E-state index >= 15 is 0 Å². The maximum absolute atomic E-state index is 13.6. The fourth-order valence-corrected chi connectivity index (χ4v) is 2.16. The molecule has 0 saturated carbocycles. The summed E-state index contributed by atoms with van der Waals surface area (Å²) in [7, 11) is 0. The van der Waals surface area contributed by atoms with Gasteiger partial charge in [0.25, 0.3) is 0 Å². The van der Waals surface area contributed by atoms with Gasteiger partial charge in [-0.05, 0) is 37.2 Å². The molecule has 0 bridgehead atoms. The van der Waals surface area contributed by atoms with Crippen molar-refractivity contribution in [2.75, 3.05) is 0 Å². The number of imidazole rings is 1. The molecule has 1 aromatic heterocycles. The molecule has 2 aromatic rings. The Morgan fingerprint density at radius 2 is 2.06 bits per heavy atom. The Hall–Kier alpha value is -1.42. The molecule has 0 aliphatic heterocycles. The Labute approximate surface area is 105 Å². The predicted octanol–water partition coefficient (Wildman–Crippen LogP) is 4.11. The first-order chi connectivity index (χ1) is 8.02. The first kappa shape index (κ1) is 12.0. The van der Waals surface area contributed by atoms with E-state index in [1.165, 1.54) is 6.07 Å². The zero-order valence-electron chi connectivity index (χ0n) is 10.1. The summed E-state index contributed by atoms with van der Waals surface area (Å²) in [6.07, 6.45) is 1.89. The predicted molar refractivity (Wildman–Crippen MR) is 69.7 cm³/mol. The van der Waals surface area contributed by atoms with Gasteiger partial charge in [-0.3, -0.25) is 4.57 Å². The van der Waals surface area contributed by atoms with Crippen molar-refractivity contribution in [1.82, 2.24) is 9.55 Å². The van der Waals surface area contributed by atoms with Crippen molar-refractivity contribution in [3.05, 3.63) is 46.2 Å². The van der Waals surface area contributed by atoms with Crippen LogP contribution in [0.25, 0.3) is 5.69 Å². The third kappa shape index (κ3) is 2.05. The van der Waals surface area contributed by atoms with Gasteiger partial charge in [0.15, 0.2) is 4.77 Å². The number of hydrogen-bond donors (Lipinski definition) is 1. The fraction of sp³-hybridized carbons (Fsp3) is 0.308. The summed E-state index contributed by atoms with van der Waals surface area (Å²) >= 11 is 5.26. The van der Waals surface area contributed by atoms with Crippen molar-refractivity contribution in [1.29, 1.82) is 0 Å². The van der Waals surface area contributed by atoms with E-state index in [1.54, 1.807) is 13.0 Å². The summed E-state index contributed by atoms with van der Waals surface area (Å²) in [4.78, 5) is 3.02. The molecule has 0 atom stereocenters. The number of benzene rings is 1. The van der Waals surface area contributed by atoms with Gasteiger partial charge in [0.2, 0.25) is 0 Å². The maximum Gasteiger partial charge on any atom is 0.182 e. The van der Waals surface area contributed by atoms with Crippen LogP contribution in [0.2, 0.25) is 0 Å². The number of nitrogens with zero attached hydrogens (tertiary/aromatic N) is 1. The van der Waals surface area contributed by atoms with Gasteiger partial charge in [-0.2, -0.15) is 0 Å². The van der Waals surface area contributed by atoms with Crippen molar-refractivity contribution in [2.24, 2.45) is 0 Å². The van der Waals surface area contributed by atoms with E-state index in [0.29, 0.717) is 16.3 Å². The quantitative estimate of drug-likeness (QED) is 0.796. The molecular weight excluding hydrogens is 235 g/mol. The number of halogens is 1. The van der Waals surface area contributed by atoms with Crippen LogP contribution in [0, 0.1) is 17.5 Å². The van der Waals surface area contributed by atoms with Crippen LogP contribution < -0.4 is 0 Å². The lowest BCUT2D eigenvalue weighted by Gasteiger charge is -2.13. The third-order valence-corrected chi connectivity index (χ3v) is 3.18. The highest BCUT2D eigenvalue weighted by Gasteiger charge is 2.12. The van der Waals surface area contributed by atoms with E-state index in [4.69, 9.17) is 12.2 Å². The molecule has 0 amide bonds. The highest BCUT2D eigenvalue weighted by molar-refractivity contribution is 7.71. The van der Waals surface area contributed by atoms with Gasteiger partial charge in [0.1, 0.15) is 5.82 Å². The molecule has 2 nitrogen and oxygen atoms in total. The van der Waals surface area contributed by atoms with E-state index in [9.17, 15) is 4.39 Å². The Kier molecular flexibility index (Phi) is 3.15. The van der Waals surface area contributed by atoms with Crippen LogP contribution in [0.5, 0.6) is 0 Å². The standard InChI is InChI=1S/C13H15FN2S/c1-8(2)12-7-15-13(17)16(12)11-6-4-5-10(14)9(11)3/h4-8H,1-3H3,(H,15,17). The molecule has 4 heteroatoms. The van der Waals surface area contributed by atoms with Crippen molar-refractivity contribution >= 4 is 12.2 Å². The first-order valence-electron chi connectivity index (χ1n) is 5.58. The lowest BCUT2D eigenvalue weighted by Crippen LogP contribution is -2.04. The maximum atomic E-state index is 13.6. The number of H-pyrrole nitrogens is 1. The van der Waals surface area contributed by atoms with Gasteiger partial charge in [-0.15, -0.1) is 0 Å². The summed E-state index contributed by atoms with van der Waals surface area (Å²) < 4.78 is 16.1. The second kappa shape index (κ2) is 4.45. The van der Waals surface area contributed by atoms with Crippen molar-refractivity contribution < 1.29 is 4.39 Å². The summed E-state index contributed by atoms with van der Waals surface area (Å²) in [6, 6.07) is 5.05. The molecule has 1 aromatic carbocycles. The summed E-state index contributed by atoms with van der Waals surface area (Å²) in [5, 5.41) is 0. The van der Waals surface area contributed by atoms with Crippen molar-refractivity contribution in [3.63, 3.8) is 0 Å². The average Bonchev–Trinajstić information content (AvgIpc) is 2.65. The minimum absolute atomic E-state index is 0.208. The van der Waals surface area contributed by atoms with Gasteiger partial charge < -0.3 is 4.98 Å². The Bertz CT molecular complexity index is 596. The lowest BCUT2D eigenvalue weighted by molar-refractivity contribution is 0.615. The Balaban J connectivity index is 2.72. The second-order valence-electron chi connectivity index (χ2n) is 4.39. The van der Waals surface area contributed by atoms with E-state index in [1.807, 2.05) is 16.8 Å². The molecule has 0 aliphatic carbocycles. The number of hydrogen-bond acceptors (Lipinski definition) is 1. The summed E-state index contributed by atoms with van der Waals surface area (Å²) in [6.45, 7) is 5.94. The van der Waals surface area contributed by atoms with Gasteiger partial charge >= 0.3 is 0 Å². The summed E-state index contributed by atoms with van der Waals surface area (Å²) in [5.74, 6) is 0.117. The summed E-state index contributed by atoms with van der Waals surface area (Å²) in [5.41, 5.74) is 2.48. The minimum atomic E-state index is -0.208. The Morgan fingerprint density at radius 1 is 1.35 bits per heavy atom. The number of nitrogens with one attached hydrogen (secondary N) is 1. The molecule has 0 fully saturated rings. The number of aromatic nitrogens is 2. The van der Waals surface area contributed by atoms with E-state index in [-0.39, 0.29) is 5.82 Å². The lowest BCUT2D eigenvalue weighted by atomic mass is 10.1. The van der Waals surface area contributed by atoms with Gasteiger partial charge in [0.05, 0.1) is 5.69 Å². The largest absolute Gasteiger partial charge is 0.337 e. The first-order valence-corrected chi connectivity index (χ1v) is 5.99. The van der Waals surface area contributed by atoms with Crippen LogP contribution in [0.4, 0.5) is 4.39 Å². The smallest absolute Gasteiger partial charge is 0.182 e. The van der Waals surface area contributed by atoms with E-state index in [2.05, 4.69) is 18.8 Å². The fourth-order valence-electron chi connectivity index (χ4n) is 1.89. The molecule has 2 rings (SSSR count). The highest BCUT2D eigenvalue weighted by atomic mass is 32.1. The van der Waals surface area contributed by atoms with Crippen molar-refractivity contribution in [2.45, 2.75) is 26.7 Å². The molecule has 0 aliphatic rings. The average molecular weight is 250 g/mol. The normalized spacial score (nSPS) is 11.1. The number of rotatable bonds is 2. The van der Waals surface area contributed by atoms with Crippen LogP contribution in [0.1, 0.15) is 31.0 Å². The molecule has 1 heterocycles. The SMILES string of the molecule is Cc1c(F)cccc1-n1c(C(C)C)c[nH]c1=S. The second-order valence-corrected chi connectivity index (χ2v) is 4.78. The van der Waals surface area contributed by atoms with Gasteiger partial charge in [-0.1, -0.05) is 19.9 Å². The van der Waals surface area contributed by atoms with Crippen LogP contribution >= 0.6 is 12.2 Å². The third-order valence-electron chi connectivity index (χ3n) is 2.88.